The van der Waals surface area contributed by atoms with Gasteiger partial charge in [0.2, 0.25) is 5.91 Å². The first-order valence-electron chi connectivity index (χ1n) is 27.1. The fraction of sp³-hybridized carbons (Fsp3) is 0.863. The van der Waals surface area contributed by atoms with Crippen molar-refractivity contribution in [1.82, 2.24) is 20.0 Å². The summed E-state index contributed by atoms with van der Waals surface area (Å²) < 4.78 is 33.5. The van der Waals surface area contributed by atoms with Gasteiger partial charge in [0.15, 0.2) is 6.10 Å². The van der Waals surface area contributed by atoms with Crippen LogP contribution in [0.3, 0.4) is 0 Å². The monoisotopic (exact) mass is 1060 g/mol. The van der Waals surface area contributed by atoms with Crippen LogP contribution in [0.25, 0.3) is 0 Å². The van der Waals surface area contributed by atoms with E-state index in [4.69, 9.17) is 18.5 Å². The lowest BCUT2D eigenvalue weighted by Gasteiger charge is -2.30. The zero-order valence-corrected chi connectivity index (χ0v) is 45.2. The number of aliphatic carboxylic acids is 4. The molecule has 1 unspecified atom stereocenters. The van der Waals surface area contributed by atoms with Gasteiger partial charge in [0.05, 0.1) is 43.6 Å². The first-order valence-corrected chi connectivity index (χ1v) is 28.6. The van der Waals surface area contributed by atoms with Gasteiger partial charge in [0.25, 0.3) is 7.82 Å². The summed E-state index contributed by atoms with van der Waals surface area (Å²) in [7, 11) is -5.07. The highest BCUT2D eigenvalue weighted by molar-refractivity contribution is 7.45. The van der Waals surface area contributed by atoms with Crippen LogP contribution < -0.4 is 30.6 Å². The molecule has 0 spiro atoms. The summed E-state index contributed by atoms with van der Waals surface area (Å²) in [4.78, 5) is 98.9. The maximum atomic E-state index is 12.8. The van der Waals surface area contributed by atoms with Crippen LogP contribution in [0, 0.1) is 0 Å². The molecule has 1 N–H and O–H groups in total. The van der Waals surface area contributed by atoms with Gasteiger partial charge in [-0.15, -0.1) is 0 Å². The first-order chi connectivity index (χ1) is 35.0. The summed E-state index contributed by atoms with van der Waals surface area (Å²) in [5.74, 6) is -8.16. The Morgan fingerprint density at radius 1 is 0.452 bits per heavy atom. The molecule has 0 aromatic rings. The Balaban J connectivity index is 5.09. The number of carbonyl (C=O) groups excluding carboxylic acids is 7. The van der Waals surface area contributed by atoms with Crippen molar-refractivity contribution in [3.05, 3.63) is 0 Å². The van der Waals surface area contributed by atoms with E-state index in [0.29, 0.717) is 12.8 Å². The molecular weight excluding hydrogens is 972 g/mol. The summed E-state index contributed by atoms with van der Waals surface area (Å²) in [6, 6.07) is 0. The molecule has 0 saturated carbocycles. The highest BCUT2D eigenvalue weighted by Gasteiger charge is 2.22. The maximum absolute atomic E-state index is 12.8. The molecule has 0 aliphatic heterocycles. The lowest BCUT2D eigenvalue weighted by atomic mass is 10.0. The van der Waals surface area contributed by atoms with Gasteiger partial charge in [0, 0.05) is 71.7 Å². The molecule has 0 aliphatic rings. The number of nitrogens with zero attached hydrogens (tertiary/aromatic N) is 3. The second-order valence-corrected chi connectivity index (χ2v) is 20.3. The molecule has 0 aromatic heterocycles. The average molecular weight is 1060 g/mol. The molecule has 2 atom stereocenters. The van der Waals surface area contributed by atoms with Crippen molar-refractivity contribution in [2.45, 2.75) is 200 Å². The molecule has 0 rings (SSSR count). The minimum atomic E-state index is -5.07. The minimum Gasteiger partial charge on any atom is -0.756 e. The van der Waals surface area contributed by atoms with Crippen LogP contribution >= 0.6 is 7.82 Å². The quantitative estimate of drug-likeness (QED) is 0.0517. The lowest BCUT2D eigenvalue weighted by molar-refractivity contribution is -0.311. The molecule has 0 aliphatic carbocycles. The van der Waals surface area contributed by atoms with Crippen molar-refractivity contribution in [3.8, 4) is 0 Å². The second-order valence-electron chi connectivity index (χ2n) is 18.9. The van der Waals surface area contributed by atoms with Crippen LogP contribution in [-0.4, -0.2) is 148 Å². The van der Waals surface area contributed by atoms with Crippen molar-refractivity contribution in [2.75, 3.05) is 85.3 Å². The van der Waals surface area contributed by atoms with E-state index in [-0.39, 0.29) is 45.6 Å². The Bertz CT molecular complexity index is 1530. The smallest absolute Gasteiger partial charge is 0.306 e. The van der Waals surface area contributed by atoms with Crippen molar-refractivity contribution in [3.63, 3.8) is 0 Å². The van der Waals surface area contributed by atoms with Gasteiger partial charge in [-0.3, -0.25) is 33.6 Å². The summed E-state index contributed by atoms with van der Waals surface area (Å²) in [6.45, 7) is -2.16. The van der Waals surface area contributed by atoms with E-state index in [1.54, 1.807) is 0 Å². The van der Waals surface area contributed by atoms with E-state index in [1.165, 1.54) is 108 Å². The number of carboxylic acid groups (broad SMARTS) is 4. The highest BCUT2D eigenvalue weighted by Crippen LogP contribution is 2.38. The molecule has 1 amide bonds. The fourth-order valence-corrected chi connectivity index (χ4v) is 8.74. The van der Waals surface area contributed by atoms with Crippen LogP contribution in [0.5, 0.6) is 0 Å². The summed E-state index contributed by atoms with van der Waals surface area (Å²) in [5.41, 5.74) is 0. The number of esters is 2. The summed E-state index contributed by atoms with van der Waals surface area (Å²) >= 11 is 0. The standard InChI is InChI=1S/C51H95N4O17P/c1-3-5-7-9-11-13-15-17-19-21-23-25-27-29-50(65)69-42-44(72-51(66)30-28-26-24-22-20-18-16-14-12-10-8-6-4-2)43-71-73(67,68)70-36-31-52-45(56)37-54(39-47(59)60)34-32-53(38-46(57)58)33-35-55(40-48(61)62)41-49(63)64/h44H,3-43H2,1-2H3,(H,52,56)(H,57,58)(H,59,60)(H,61,62)(H,63,64)(H,67,68)/p-5/t44-/m1/s1. The number of carboxylic acids is 4. The number of hydrogen-bond acceptors (Lipinski definition) is 20. The number of amides is 1. The number of nitrogens with one attached hydrogen (secondary N) is 1. The van der Waals surface area contributed by atoms with Crippen molar-refractivity contribution < 1.29 is 82.0 Å². The van der Waals surface area contributed by atoms with Gasteiger partial charge in [-0.25, -0.2) is 0 Å². The average Bonchev–Trinajstić information content (AvgIpc) is 3.31. The Kier molecular flexibility index (Phi) is 44.4. The number of carbonyl (C=O) groups is 7. The molecule has 0 radical (unpaired) electrons. The third kappa shape index (κ3) is 47.7. The number of ether oxygens (including phenoxy) is 2. The largest absolute Gasteiger partial charge is 0.756 e. The molecule has 21 nitrogen and oxygen atoms in total. The third-order valence-electron chi connectivity index (χ3n) is 12.0. The predicted octanol–water partition coefficient (Wildman–Crippen LogP) is 1.93. The molecule has 0 fully saturated rings. The topological polar surface area (TPSA) is 311 Å². The summed E-state index contributed by atoms with van der Waals surface area (Å²) in [5, 5.41) is 47.2. The van der Waals surface area contributed by atoms with Gasteiger partial charge in [-0.2, -0.15) is 0 Å². The van der Waals surface area contributed by atoms with Crippen molar-refractivity contribution in [1.29, 1.82) is 0 Å². The molecule has 0 saturated heterocycles. The minimum absolute atomic E-state index is 0.0863. The Hall–Kier alpha value is -3.72. The Morgan fingerprint density at radius 3 is 1.19 bits per heavy atom. The van der Waals surface area contributed by atoms with Crippen LogP contribution in [-0.2, 0) is 56.6 Å². The number of rotatable bonds is 54. The first kappa shape index (κ1) is 69.3. The second kappa shape index (κ2) is 46.8. The van der Waals surface area contributed by atoms with Gasteiger partial charge < -0.3 is 68.3 Å². The molecule has 0 heterocycles. The van der Waals surface area contributed by atoms with Crippen LogP contribution in [0.2, 0.25) is 0 Å². The molecule has 0 bridgehead atoms. The van der Waals surface area contributed by atoms with Gasteiger partial charge in [-0.05, 0) is 12.8 Å². The van der Waals surface area contributed by atoms with Crippen LogP contribution in [0.15, 0.2) is 0 Å². The maximum Gasteiger partial charge on any atom is 0.306 e. The lowest BCUT2D eigenvalue weighted by Crippen LogP contribution is -2.50. The Morgan fingerprint density at radius 2 is 0.795 bits per heavy atom. The van der Waals surface area contributed by atoms with E-state index >= 15 is 0 Å². The van der Waals surface area contributed by atoms with Gasteiger partial charge in [0.1, 0.15) is 6.61 Å². The number of phosphoric acid groups is 1. The van der Waals surface area contributed by atoms with Crippen LogP contribution in [0.1, 0.15) is 194 Å². The van der Waals surface area contributed by atoms with E-state index < -0.39 is 108 Å². The number of phosphoric ester groups is 1. The summed E-state index contributed by atoms with van der Waals surface area (Å²) in [6.07, 6.45) is 28.7. The molecule has 73 heavy (non-hydrogen) atoms. The molecule has 0 aromatic carbocycles. The van der Waals surface area contributed by atoms with E-state index in [9.17, 15) is 63.4 Å². The normalized spacial score (nSPS) is 12.7. The zero-order valence-electron chi connectivity index (χ0n) is 44.3. The van der Waals surface area contributed by atoms with Gasteiger partial charge >= 0.3 is 11.9 Å². The number of unbranched alkanes of at least 4 members (excludes halogenated alkanes) is 24. The molecule has 22 heteroatoms. The SMILES string of the molecule is CCCCCCCCCCCCCCCC(=O)OC[C@H](COP(=O)([O-])OCCNC(=O)CN(CCN(CCN(CC(=O)[O-])CC(=O)[O-])CC(=O)[O-])CC(=O)[O-])OC(=O)CCCCCCCCCCCCCCC. The van der Waals surface area contributed by atoms with Gasteiger partial charge in [-0.1, -0.05) is 168 Å². The fourth-order valence-electron chi connectivity index (χ4n) is 8.01. The zero-order chi connectivity index (χ0) is 54.4. The Labute approximate surface area is 435 Å². The number of hydrogen-bond donors (Lipinski definition) is 1. The third-order valence-corrected chi connectivity index (χ3v) is 13.0. The van der Waals surface area contributed by atoms with E-state index in [1.807, 2.05) is 0 Å². The van der Waals surface area contributed by atoms with Crippen molar-refractivity contribution >= 4 is 49.5 Å². The highest BCUT2D eigenvalue weighted by atomic mass is 31.2. The van der Waals surface area contributed by atoms with Crippen LogP contribution in [0.4, 0.5) is 0 Å². The predicted molar refractivity (Wildman–Crippen MR) is 263 cm³/mol. The van der Waals surface area contributed by atoms with E-state index in [2.05, 4.69) is 19.2 Å². The molecular formula is C51H90N4O17P-5. The van der Waals surface area contributed by atoms with Crippen molar-refractivity contribution in [2.24, 2.45) is 0 Å². The van der Waals surface area contributed by atoms with E-state index in [0.717, 1.165) is 61.2 Å². The molecule has 426 valence electrons.